The number of hydrogen-bond donors (Lipinski definition) is 1. The highest BCUT2D eigenvalue weighted by atomic mass is 16.6. The van der Waals surface area contributed by atoms with Crippen LogP contribution in [0.3, 0.4) is 0 Å². The number of hydrogen-bond acceptors (Lipinski definition) is 7. The van der Waals surface area contributed by atoms with Crippen molar-refractivity contribution >= 4 is 17.2 Å². The number of carbonyl (C=O) groups excluding carboxylic acids is 1. The highest BCUT2D eigenvalue weighted by Gasteiger charge is 2.37. The summed E-state index contributed by atoms with van der Waals surface area (Å²) in [5, 5.41) is 12.4. The van der Waals surface area contributed by atoms with Crippen LogP contribution in [0.1, 0.15) is 16.1 Å². The first-order chi connectivity index (χ1) is 8.99. The fourth-order valence-corrected chi connectivity index (χ4v) is 1.83. The Balaban J connectivity index is 2.33. The first-order valence-electron chi connectivity index (χ1n) is 4.96. The van der Waals surface area contributed by atoms with E-state index < -0.39 is 33.1 Å². The van der Waals surface area contributed by atoms with Crippen LogP contribution in [-0.2, 0) is 0 Å². The minimum absolute atomic E-state index is 0.0272. The van der Waals surface area contributed by atoms with Crippen LogP contribution in [0.25, 0.3) is 5.57 Å². The molecule has 0 fully saturated rings. The number of fused-ring (bicyclic) bond motifs is 3. The van der Waals surface area contributed by atoms with Gasteiger partial charge in [0.25, 0.3) is 5.43 Å². The number of rotatable bonds is 0. The molecule has 9 heteroatoms. The molecule has 94 valence electrons. The molecule has 1 aromatic rings. The van der Waals surface area contributed by atoms with E-state index in [9.17, 15) is 24.5 Å². The number of aromatic nitrogens is 1. The second-order valence-electron chi connectivity index (χ2n) is 3.75. The van der Waals surface area contributed by atoms with Crippen LogP contribution in [0.5, 0.6) is 0 Å². The van der Waals surface area contributed by atoms with Crippen LogP contribution in [0.15, 0.2) is 37.0 Å². The molecule has 0 bridgehead atoms. The zero-order valence-electron chi connectivity index (χ0n) is 9.00. The maximum atomic E-state index is 11.7. The molecule has 1 aromatic heterocycles. The van der Waals surface area contributed by atoms with Crippen molar-refractivity contribution in [2.24, 2.45) is 4.99 Å². The molecule has 2 aliphatic rings. The highest BCUT2D eigenvalue weighted by molar-refractivity contribution is 6.16. The minimum Gasteiger partial charge on any atom is -0.377 e. The van der Waals surface area contributed by atoms with Crippen molar-refractivity contribution in [3.63, 3.8) is 0 Å². The van der Waals surface area contributed by atoms with E-state index in [1.54, 1.807) is 0 Å². The van der Waals surface area contributed by atoms with E-state index in [0.717, 1.165) is 12.2 Å². The lowest BCUT2D eigenvalue weighted by atomic mass is 9.96. The third-order valence-electron chi connectivity index (χ3n) is 2.64. The Kier molecular flexibility index (Phi) is 2.00. The molecule has 0 spiro atoms. The van der Waals surface area contributed by atoms with Crippen LogP contribution < -0.4 is 11.0 Å². The molecule has 0 unspecified atom stereocenters. The van der Waals surface area contributed by atoms with E-state index >= 15 is 0 Å². The number of amidine groups is 1. The molecule has 0 radical (unpaired) electrons. The molecule has 0 saturated carbocycles. The first-order valence-corrected chi connectivity index (χ1v) is 4.96. The SMILES string of the molecule is O=C1C=C2N=C([N+](=O)[O-])C=C2c2o[nH]c(=O)c(=O)c21. The molecule has 0 amide bonds. The molecule has 1 aliphatic carbocycles. The summed E-state index contributed by atoms with van der Waals surface area (Å²) in [7, 11) is 0. The van der Waals surface area contributed by atoms with Gasteiger partial charge in [0.05, 0.1) is 11.6 Å². The number of nitrogens with one attached hydrogen (secondary N) is 1. The Morgan fingerprint density at radius 1 is 1.26 bits per heavy atom. The summed E-state index contributed by atoms with van der Waals surface area (Å²) in [6, 6.07) is 0. The second-order valence-corrected chi connectivity index (χ2v) is 3.75. The van der Waals surface area contributed by atoms with Gasteiger partial charge in [0.1, 0.15) is 5.56 Å². The molecular weight excluding hydrogens is 258 g/mol. The van der Waals surface area contributed by atoms with E-state index in [0.29, 0.717) is 0 Å². The van der Waals surface area contributed by atoms with Gasteiger partial charge >= 0.3 is 11.4 Å². The van der Waals surface area contributed by atoms with E-state index in [1.807, 2.05) is 5.16 Å². The van der Waals surface area contributed by atoms with Crippen LogP contribution in [0, 0.1) is 10.1 Å². The van der Waals surface area contributed by atoms with E-state index in [-0.39, 0.29) is 17.0 Å². The quantitative estimate of drug-likeness (QED) is 0.379. The summed E-state index contributed by atoms with van der Waals surface area (Å²) in [5.74, 6) is -1.46. The van der Waals surface area contributed by atoms with E-state index in [1.165, 1.54) is 0 Å². The zero-order valence-corrected chi connectivity index (χ0v) is 9.00. The van der Waals surface area contributed by atoms with Crippen molar-refractivity contribution in [1.29, 1.82) is 0 Å². The number of aromatic amines is 1. The number of nitro groups is 1. The molecule has 1 N–H and O–H groups in total. The van der Waals surface area contributed by atoms with Crippen molar-refractivity contribution in [3.05, 3.63) is 59.9 Å². The molecule has 0 saturated heterocycles. The molecule has 0 atom stereocenters. The molecular formula is C10H3N3O6. The molecule has 2 heterocycles. The van der Waals surface area contributed by atoms with Crippen LogP contribution >= 0.6 is 0 Å². The Hall–Kier alpha value is -3.10. The third-order valence-corrected chi connectivity index (χ3v) is 2.64. The van der Waals surface area contributed by atoms with Gasteiger partial charge in [-0.05, 0) is 9.92 Å². The number of allylic oxidation sites excluding steroid dienone is 2. The Morgan fingerprint density at radius 3 is 2.68 bits per heavy atom. The van der Waals surface area contributed by atoms with Crippen LogP contribution in [0.2, 0.25) is 0 Å². The number of nitrogens with zero attached hydrogens (tertiary/aromatic N) is 2. The third kappa shape index (κ3) is 1.41. The summed E-state index contributed by atoms with van der Waals surface area (Å²) in [6.07, 6.45) is 2.03. The Morgan fingerprint density at radius 2 is 2.00 bits per heavy atom. The normalized spacial score (nSPS) is 16.2. The van der Waals surface area contributed by atoms with Gasteiger partial charge in [0, 0.05) is 6.08 Å². The van der Waals surface area contributed by atoms with E-state index in [2.05, 4.69) is 4.99 Å². The first kappa shape index (κ1) is 11.0. The van der Waals surface area contributed by atoms with Gasteiger partial charge in [0.2, 0.25) is 0 Å². The van der Waals surface area contributed by atoms with Gasteiger partial charge in [-0.15, -0.1) is 0 Å². The van der Waals surface area contributed by atoms with Crippen molar-refractivity contribution in [1.82, 2.24) is 5.16 Å². The average Bonchev–Trinajstić information content (AvgIpc) is 2.77. The Labute approximate surface area is 102 Å². The predicted molar refractivity (Wildman–Crippen MR) is 60.4 cm³/mol. The van der Waals surface area contributed by atoms with Crippen LogP contribution in [0.4, 0.5) is 0 Å². The summed E-state index contributed by atoms with van der Waals surface area (Å²) >= 11 is 0. The van der Waals surface area contributed by atoms with Crippen molar-refractivity contribution in [2.75, 3.05) is 0 Å². The highest BCUT2D eigenvalue weighted by Crippen LogP contribution is 2.33. The zero-order chi connectivity index (χ0) is 13.7. The fraction of sp³-hybridized carbons (Fsp3) is 0. The van der Waals surface area contributed by atoms with E-state index in [4.69, 9.17) is 4.52 Å². The molecule has 9 nitrogen and oxygen atoms in total. The lowest BCUT2D eigenvalue weighted by molar-refractivity contribution is -0.347. The standard InChI is InChI=1S/C10H3N3O6/c14-5-2-4-3(1-6(11-4)13(17)18)9-7(5)8(15)10(16)12-19-9/h1-2H,(H,12,16). The van der Waals surface area contributed by atoms with Gasteiger partial charge in [-0.2, -0.15) is 5.16 Å². The lowest BCUT2D eigenvalue weighted by Gasteiger charge is -2.07. The van der Waals surface area contributed by atoms with Gasteiger partial charge in [0.15, 0.2) is 17.2 Å². The largest absolute Gasteiger partial charge is 0.377 e. The van der Waals surface area contributed by atoms with Crippen molar-refractivity contribution < 1.29 is 14.2 Å². The maximum Gasteiger partial charge on any atom is 0.364 e. The molecule has 19 heavy (non-hydrogen) atoms. The number of carbonyl (C=O) groups is 1. The summed E-state index contributed by atoms with van der Waals surface area (Å²) in [6.45, 7) is 0. The Bertz CT molecular complexity index is 851. The topological polar surface area (TPSA) is 136 Å². The summed E-state index contributed by atoms with van der Waals surface area (Å²) < 4.78 is 4.81. The number of ketones is 1. The second kappa shape index (κ2) is 3.45. The van der Waals surface area contributed by atoms with Crippen molar-refractivity contribution in [2.45, 2.75) is 0 Å². The van der Waals surface area contributed by atoms with Gasteiger partial charge in [-0.25, -0.2) is 0 Å². The average molecular weight is 261 g/mol. The summed E-state index contributed by atoms with van der Waals surface area (Å²) in [5.41, 5.74) is -2.41. The van der Waals surface area contributed by atoms with Gasteiger partial charge < -0.3 is 14.6 Å². The fourth-order valence-electron chi connectivity index (χ4n) is 1.83. The molecule has 0 aromatic carbocycles. The van der Waals surface area contributed by atoms with Gasteiger partial charge in [-0.1, -0.05) is 0 Å². The maximum absolute atomic E-state index is 11.7. The molecule has 1 aliphatic heterocycles. The monoisotopic (exact) mass is 261 g/mol. The minimum atomic E-state index is -1.07. The van der Waals surface area contributed by atoms with Gasteiger partial charge in [-0.3, -0.25) is 14.4 Å². The smallest absolute Gasteiger partial charge is 0.364 e. The summed E-state index contributed by atoms with van der Waals surface area (Å²) in [4.78, 5) is 47.9. The number of H-pyrrole nitrogens is 1. The van der Waals surface area contributed by atoms with Crippen molar-refractivity contribution in [3.8, 4) is 0 Å². The number of aliphatic imine (C=N–C) groups is 1. The molecule has 3 rings (SSSR count). The lowest BCUT2D eigenvalue weighted by Crippen LogP contribution is -2.33. The van der Waals surface area contributed by atoms with Crippen LogP contribution in [-0.4, -0.2) is 21.7 Å². The predicted octanol–water partition coefficient (Wildman–Crippen LogP) is -0.520.